The predicted octanol–water partition coefficient (Wildman–Crippen LogP) is 3.89. The lowest BCUT2D eigenvalue weighted by molar-refractivity contribution is -0.131. The van der Waals surface area contributed by atoms with E-state index in [-0.39, 0.29) is 17.7 Å². The monoisotopic (exact) mass is 336 g/mol. The van der Waals surface area contributed by atoms with E-state index in [1.807, 2.05) is 4.90 Å². The van der Waals surface area contributed by atoms with Gasteiger partial charge in [0, 0.05) is 32.0 Å². The van der Waals surface area contributed by atoms with Crippen molar-refractivity contribution in [2.45, 2.75) is 84.0 Å². The van der Waals surface area contributed by atoms with Gasteiger partial charge < -0.3 is 10.2 Å². The molecule has 1 N–H and O–H groups in total. The normalized spacial score (nSPS) is 25.1. The van der Waals surface area contributed by atoms with Crippen molar-refractivity contribution < 1.29 is 9.59 Å². The molecule has 0 aromatic heterocycles. The second-order valence-electron chi connectivity index (χ2n) is 7.70. The van der Waals surface area contributed by atoms with Crippen LogP contribution in [-0.2, 0) is 9.59 Å². The van der Waals surface area contributed by atoms with Crippen LogP contribution in [0, 0.1) is 11.8 Å². The molecule has 1 aliphatic heterocycles. The molecule has 0 aromatic rings. The van der Waals surface area contributed by atoms with Gasteiger partial charge in [0.05, 0.1) is 0 Å². The minimum absolute atomic E-state index is 0.174. The zero-order chi connectivity index (χ0) is 17.2. The van der Waals surface area contributed by atoms with Crippen LogP contribution < -0.4 is 5.32 Å². The highest BCUT2D eigenvalue weighted by Crippen LogP contribution is 2.31. The van der Waals surface area contributed by atoms with E-state index in [0.29, 0.717) is 13.0 Å². The Hall–Kier alpha value is -1.06. The quantitative estimate of drug-likeness (QED) is 0.767. The van der Waals surface area contributed by atoms with Gasteiger partial charge in [-0.05, 0) is 44.4 Å². The fourth-order valence-corrected chi connectivity index (χ4v) is 4.12. The Morgan fingerprint density at radius 1 is 1.00 bits per heavy atom. The molecule has 4 heteroatoms. The zero-order valence-corrected chi connectivity index (χ0v) is 15.5. The zero-order valence-electron chi connectivity index (χ0n) is 15.5. The SMILES string of the molecule is CCCCC1CCC(C(=O)NCCC(=O)N2CCCCCC2)CC1. The number of hydrogen-bond donors (Lipinski definition) is 1. The van der Waals surface area contributed by atoms with Gasteiger partial charge in [-0.15, -0.1) is 0 Å². The van der Waals surface area contributed by atoms with Gasteiger partial charge in [-0.3, -0.25) is 9.59 Å². The van der Waals surface area contributed by atoms with E-state index < -0.39 is 0 Å². The van der Waals surface area contributed by atoms with Crippen LogP contribution in [0.5, 0.6) is 0 Å². The first kappa shape index (κ1) is 19.3. The number of hydrogen-bond acceptors (Lipinski definition) is 2. The third-order valence-corrected chi connectivity index (χ3v) is 5.78. The van der Waals surface area contributed by atoms with E-state index in [4.69, 9.17) is 0 Å². The average Bonchev–Trinajstić information content (AvgIpc) is 2.89. The van der Waals surface area contributed by atoms with Crippen molar-refractivity contribution in [1.82, 2.24) is 10.2 Å². The van der Waals surface area contributed by atoms with Crippen LogP contribution in [0.1, 0.15) is 84.0 Å². The van der Waals surface area contributed by atoms with Gasteiger partial charge in [-0.25, -0.2) is 0 Å². The van der Waals surface area contributed by atoms with E-state index >= 15 is 0 Å². The number of amides is 2. The highest BCUT2D eigenvalue weighted by atomic mass is 16.2. The molecule has 2 rings (SSSR count). The molecule has 0 atom stereocenters. The smallest absolute Gasteiger partial charge is 0.224 e. The van der Waals surface area contributed by atoms with Gasteiger partial charge in [0.1, 0.15) is 0 Å². The molecule has 0 aromatic carbocycles. The van der Waals surface area contributed by atoms with Crippen molar-refractivity contribution in [3.63, 3.8) is 0 Å². The second kappa shape index (κ2) is 10.7. The molecule has 24 heavy (non-hydrogen) atoms. The van der Waals surface area contributed by atoms with Crippen molar-refractivity contribution >= 4 is 11.8 Å². The number of carbonyl (C=O) groups excluding carboxylic acids is 2. The van der Waals surface area contributed by atoms with Crippen LogP contribution >= 0.6 is 0 Å². The Kier molecular flexibility index (Phi) is 8.62. The fourth-order valence-electron chi connectivity index (χ4n) is 4.12. The van der Waals surface area contributed by atoms with Crippen molar-refractivity contribution in [2.75, 3.05) is 19.6 Å². The number of carbonyl (C=O) groups is 2. The van der Waals surface area contributed by atoms with Crippen molar-refractivity contribution in [2.24, 2.45) is 11.8 Å². The number of unbranched alkanes of at least 4 members (excludes halogenated alkanes) is 1. The van der Waals surface area contributed by atoms with E-state index in [9.17, 15) is 9.59 Å². The van der Waals surface area contributed by atoms with E-state index in [0.717, 1.165) is 44.7 Å². The Labute approximate surface area is 147 Å². The first-order valence-electron chi connectivity index (χ1n) is 10.3. The fraction of sp³-hybridized carbons (Fsp3) is 0.900. The molecule has 2 aliphatic rings. The maximum atomic E-state index is 12.3. The molecule has 2 amide bonds. The molecule has 1 aliphatic carbocycles. The third-order valence-electron chi connectivity index (χ3n) is 5.78. The molecule has 4 nitrogen and oxygen atoms in total. The summed E-state index contributed by atoms with van der Waals surface area (Å²) < 4.78 is 0. The second-order valence-corrected chi connectivity index (χ2v) is 7.70. The molecule has 0 radical (unpaired) electrons. The molecular weight excluding hydrogens is 300 g/mol. The number of nitrogens with one attached hydrogen (secondary N) is 1. The van der Waals surface area contributed by atoms with Gasteiger partial charge >= 0.3 is 0 Å². The molecule has 2 fully saturated rings. The van der Waals surface area contributed by atoms with E-state index in [1.165, 1.54) is 44.9 Å². The highest BCUT2D eigenvalue weighted by Gasteiger charge is 2.26. The largest absolute Gasteiger partial charge is 0.355 e. The standard InChI is InChI=1S/C20H36N2O2/c1-2-3-8-17-9-11-18(12-10-17)20(24)21-14-13-19(23)22-15-6-4-5-7-16-22/h17-18H,2-16H2,1H3,(H,21,24). The Balaban J connectivity index is 1.60. The van der Waals surface area contributed by atoms with Gasteiger partial charge in [-0.1, -0.05) is 39.0 Å². The maximum absolute atomic E-state index is 12.3. The molecule has 1 heterocycles. The summed E-state index contributed by atoms with van der Waals surface area (Å²) in [5, 5.41) is 3.01. The summed E-state index contributed by atoms with van der Waals surface area (Å²) in [4.78, 5) is 26.5. The summed E-state index contributed by atoms with van der Waals surface area (Å²) in [6.07, 6.45) is 13.6. The summed E-state index contributed by atoms with van der Waals surface area (Å²) in [7, 11) is 0. The lowest BCUT2D eigenvalue weighted by atomic mass is 9.79. The van der Waals surface area contributed by atoms with Crippen LogP contribution in [0.4, 0.5) is 0 Å². The summed E-state index contributed by atoms with van der Waals surface area (Å²) in [6.45, 7) is 4.54. The van der Waals surface area contributed by atoms with Gasteiger partial charge in [-0.2, -0.15) is 0 Å². The minimum Gasteiger partial charge on any atom is -0.355 e. The van der Waals surface area contributed by atoms with Crippen molar-refractivity contribution in [3.05, 3.63) is 0 Å². The molecule has 0 bridgehead atoms. The highest BCUT2D eigenvalue weighted by molar-refractivity contribution is 5.80. The molecule has 138 valence electrons. The molecule has 0 unspecified atom stereocenters. The summed E-state index contributed by atoms with van der Waals surface area (Å²) >= 11 is 0. The van der Waals surface area contributed by atoms with Crippen LogP contribution in [-0.4, -0.2) is 36.3 Å². The number of rotatable bonds is 7. The lowest BCUT2D eigenvalue weighted by Crippen LogP contribution is -2.37. The topological polar surface area (TPSA) is 49.4 Å². The maximum Gasteiger partial charge on any atom is 0.224 e. The average molecular weight is 337 g/mol. The first-order chi connectivity index (χ1) is 11.7. The number of nitrogens with zero attached hydrogens (tertiary/aromatic N) is 1. The summed E-state index contributed by atoms with van der Waals surface area (Å²) in [6, 6.07) is 0. The van der Waals surface area contributed by atoms with E-state index in [2.05, 4.69) is 12.2 Å². The predicted molar refractivity (Wildman–Crippen MR) is 97.6 cm³/mol. The molecule has 0 spiro atoms. The molecule has 1 saturated heterocycles. The van der Waals surface area contributed by atoms with Gasteiger partial charge in [0.25, 0.3) is 0 Å². The Bertz CT molecular complexity index is 381. The Morgan fingerprint density at radius 3 is 2.29 bits per heavy atom. The summed E-state index contributed by atoms with van der Waals surface area (Å²) in [5.41, 5.74) is 0. The summed E-state index contributed by atoms with van der Waals surface area (Å²) in [5.74, 6) is 1.39. The van der Waals surface area contributed by atoms with Crippen LogP contribution in [0.25, 0.3) is 0 Å². The first-order valence-corrected chi connectivity index (χ1v) is 10.3. The molecular formula is C20H36N2O2. The van der Waals surface area contributed by atoms with Crippen LogP contribution in [0.15, 0.2) is 0 Å². The van der Waals surface area contributed by atoms with Crippen LogP contribution in [0.3, 0.4) is 0 Å². The van der Waals surface area contributed by atoms with Crippen LogP contribution in [0.2, 0.25) is 0 Å². The van der Waals surface area contributed by atoms with Crippen molar-refractivity contribution in [1.29, 1.82) is 0 Å². The minimum atomic E-state index is 0.174. The van der Waals surface area contributed by atoms with Gasteiger partial charge in [0.15, 0.2) is 0 Å². The Morgan fingerprint density at radius 2 is 1.67 bits per heavy atom. The molecule has 1 saturated carbocycles. The van der Waals surface area contributed by atoms with E-state index in [1.54, 1.807) is 0 Å². The van der Waals surface area contributed by atoms with Gasteiger partial charge in [0.2, 0.25) is 11.8 Å². The van der Waals surface area contributed by atoms with Crippen molar-refractivity contribution in [3.8, 4) is 0 Å². The number of likely N-dealkylation sites (tertiary alicyclic amines) is 1. The lowest BCUT2D eigenvalue weighted by Gasteiger charge is -2.27. The third kappa shape index (κ3) is 6.45.